The quantitative estimate of drug-likeness (QED) is 0.818. The molecule has 92 valence electrons. The molecule has 0 bridgehead atoms. The van der Waals surface area contributed by atoms with Gasteiger partial charge in [-0.25, -0.2) is 0 Å². The highest BCUT2D eigenvalue weighted by molar-refractivity contribution is 5.07. The average molecular weight is 234 g/mol. The summed E-state index contributed by atoms with van der Waals surface area (Å²) in [6, 6.07) is 0. The summed E-state index contributed by atoms with van der Waals surface area (Å²) >= 11 is 0. The highest BCUT2D eigenvalue weighted by Gasteiger charge is 2.30. The van der Waals surface area contributed by atoms with E-state index in [-0.39, 0.29) is 5.92 Å². The average Bonchev–Trinajstić information content (AvgIpc) is 2.85. The molecule has 5 nitrogen and oxygen atoms in total. The number of hydrogen-bond donors (Lipinski definition) is 0. The van der Waals surface area contributed by atoms with Crippen LogP contribution >= 0.6 is 0 Å². The van der Waals surface area contributed by atoms with Crippen LogP contribution in [0.25, 0.3) is 0 Å². The minimum absolute atomic E-state index is 0.242. The van der Waals surface area contributed by atoms with E-state index in [1.54, 1.807) is 0 Å². The van der Waals surface area contributed by atoms with Crippen molar-refractivity contribution in [3.63, 3.8) is 0 Å². The highest BCUT2D eigenvalue weighted by atomic mass is 16.4. The lowest BCUT2D eigenvalue weighted by Crippen LogP contribution is -2.28. The molecule has 0 spiro atoms. The van der Waals surface area contributed by atoms with Crippen LogP contribution in [0.4, 0.5) is 0 Å². The maximum Gasteiger partial charge on any atom is 0.243 e. The summed E-state index contributed by atoms with van der Waals surface area (Å²) in [6.07, 6.45) is 3.79. The summed E-state index contributed by atoms with van der Waals surface area (Å²) in [7, 11) is 0. The first-order chi connectivity index (χ1) is 7.91. The van der Waals surface area contributed by atoms with E-state index in [1.807, 2.05) is 51.7 Å². The van der Waals surface area contributed by atoms with Crippen molar-refractivity contribution >= 4 is 0 Å². The Bertz CT molecular complexity index is 510. The van der Waals surface area contributed by atoms with Gasteiger partial charge in [0.2, 0.25) is 11.8 Å². The fourth-order valence-corrected chi connectivity index (χ4v) is 1.53. The maximum absolute atomic E-state index is 5.69. The molecule has 5 heteroatoms. The lowest BCUT2D eigenvalue weighted by Gasteiger charge is -2.20. The van der Waals surface area contributed by atoms with E-state index in [1.165, 1.54) is 0 Å². The molecule has 2 rings (SSSR count). The zero-order valence-corrected chi connectivity index (χ0v) is 10.9. The van der Waals surface area contributed by atoms with Gasteiger partial charge < -0.3 is 4.42 Å². The molecule has 2 aromatic rings. The van der Waals surface area contributed by atoms with Crippen molar-refractivity contribution in [3.05, 3.63) is 29.7 Å². The molecule has 0 aliphatic rings. The van der Waals surface area contributed by atoms with Crippen LogP contribution in [-0.4, -0.2) is 20.0 Å². The molecule has 0 N–H and O–H groups in total. The van der Waals surface area contributed by atoms with Crippen molar-refractivity contribution in [2.75, 3.05) is 0 Å². The van der Waals surface area contributed by atoms with Crippen molar-refractivity contribution in [2.45, 2.75) is 46.1 Å². The summed E-state index contributed by atoms with van der Waals surface area (Å²) < 4.78 is 7.54. The molecule has 2 heterocycles. The van der Waals surface area contributed by atoms with Crippen molar-refractivity contribution < 1.29 is 4.42 Å². The fourth-order valence-electron chi connectivity index (χ4n) is 1.53. The molecule has 0 aliphatic carbocycles. The van der Waals surface area contributed by atoms with E-state index in [4.69, 9.17) is 4.42 Å². The number of aromatic nitrogens is 4. The summed E-state index contributed by atoms with van der Waals surface area (Å²) in [5.74, 6) is 1.49. The van der Waals surface area contributed by atoms with Gasteiger partial charge in [0.15, 0.2) is 0 Å². The third kappa shape index (κ3) is 2.09. The van der Waals surface area contributed by atoms with Crippen LogP contribution in [0, 0.1) is 6.92 Å². The Kier molecular flexibility index (Phi) is 2.77. The monoisotopic (exact) mass is 234 g/mol. The van der Waals surface area contributed by atoms with Crippen LogP contribution in [0.2, 0.25) is 0 Å². The van der Waals surface area contributed by atoms with Crippen LogP contribution in [0.3, 0.4) is 0 Å². The Labute approximate surface area is 101 Å². The summed E-state index contributed by atoms with van der Waals surface area (Å²) in [5, 5.41) is 12.5. The molecule has 0 amide bonds. The normalized spacial score (nSPS) is 12.4. The Hall–Kier alpha value is -1.65. The van der Waals surface area contributed by atoms with Crippen LogP contribution in [0.5, 0.6) is 0 Å². The zero-order valence-electron chi connectivity index (χ0n) is 10.9. The Morgan fingerprint density at radius 2 is 2.00 bits per heavy atom. The lowest BCUT2D eigenvalue weighted by molar-refractivity contribution is 0.286. The zero-order chi connectivity index (χ0) is 12.6. The molecule has 0 saturated heterocycles. The second kappa shape index (κ2) is 3.98. The molecule has 0 atom stereocenters. The van der Waals surface area contributed by atoms with Crippen molar-refractivity contribution in [1.29, 1.82) is 0 Å². The maximum atomic E-state index is 5.69. The topological polar surface area (TPSA) is 56.7 Å². The van der Waals surface area contributed by atoms with Crippen LogP contribution < -0.4 is 0 Å². The van der Waals surface area contributed by atoms with E-state index >= 15 is 0 Å². The molecule has 17 heavy (non-hydrogen) atoms. The molecule has 0 saturated carbocycles. The van der Waals surface area contributed by atoms with Gasteiger partial charge in [0.05, 0.1) is 6.20 Å². The van der Waals surface area contributed by atoms with Crippen LogP contribution in [-0.2, 0) is 5.54 Å². The summed E-state index contributed by atoms with van der Waals surface area (Å²) in [4.78, 5) is 0. The van der Waals surface area contributed by atoms with Gasteiger partial charge in [-0.3, -0.25) is 4.68 Å². The van der Waals surface area contributed by atoms with Gasteiger partial charge in [-0.15, -0.1) is 10.2 Å². The first-order valence-electron chi connectivity index (χ1n) is 5.77. The van der Waals surface area contributed by atoms with Gasteiger partial charge in [0.25, 0.3) is 0 Å². The van der Waals surface area contributed by atoms with Crippen molar-refractivity contribution in [1.82, 2.24) is 20.0 Å². The molecule has 0 radical (unpaired) electrons. The second-order valence-corrected chi connectivity index (χ2v) is 5.12. The predicted molar refractivity (Wildman–Crippen MR) is 63.8 cm³/mol. The minimum Gasteiger partial charge on any atom is -0.422 e. The van der Waals surface area contributed by atoms with Gasteiger partial charge in [-0.1, -0.05) is 13.8 Å². The van der Waals surface area contributed by atoms with E-state index in [0.717, 1.165) is 5.56 Å². The first-order valence-corrected chi connectivity index (χ1v) is 5.77. The standard InChI is InChI=1S/C12H18N4O/c1-8(2)10-14-15-11(17-10)12(4,5)16-7-9(3)6-13-16/h6-8H,1-5H3. The highest BCUT2D eigenvalue weighted by Crippen LogP contribution is 2.25. The smallest absolute Gasteiger partial charge is 0.243 e. The van der Waals surface area contributed by atoms with Crippen molar-refractivity contribution in [2.24, 2.45) is 0 Å². The van der Waals surface area contributed by atoms with E-state index in [0.29, 0.717) is 11.8 Å². The SMILES string of the molecule is Cc1cnn(C(C)(C)c2nnc(C(C)C)o2)c1. The van der Waals surface area contributed by atoms with Crippen LogP contribution in [0.1, 0.15) is 51.0 Å². The third-order valence-corrected chi connectivity index (χ3v) is 2.74. The minimum atomic E-state index is -0.422. The largest absolute Gasteiger partial charge is 0.422 e. The molecular weight excluding hydrogens is 216 g/mol. The van der Waals surface area contributed by atoms with E-state index in [2.05, 4.69) is 15.3 Å². The van der Waals surface area contributed by atoms with Gasteiger partial charge in [-0.2, -0.15) is 5.10 Å². The van der Waals surface area contributed by atoms with Crippen LogP contribution in [0.15, 0.2) is 16.8 Å². The van der Waals surface area contributed by atoms with E-state index < -0.39 is 5.54 Å². The predicted octanol–water partition coefficient (Wildman–Crippen LogP) is 2.48. The number of nitrogens with zero attached hydrogens (tertiary/aromatic N) is 4. The Morgan fingerprint density at radius 3 is 2.47 bits per heavy atom. The Balaban J connectivity index is 2.37. The fraction of sp³-hybridized carbons (Fsp3) is 0.583. The van der Waals surface area contributed by atoms with Gasteiger partial charge in [0, 0.05) is 12.1 Å². The molecule has 0 unspecified atom stereocenters. The van der Waals surface area contributed by atoms with Gasteiger partial charge in [-0.05, 0) is 26.3 Å². The molecule has 2 aromatic heterocycles. The summed E-state index contributed by atoms with van der Waals surface area (Å²) in [5.41, 5.74) is 0.690. The van der Waals surface area contributed by atoms with Gasteiger partial charge >= 0.3 is 0 Å². The lowest BCUT2D eigenvalue weighted by atomic mass is 10.1. The third-order valence-electron chi connectivity index (χ3n) is 2.74. The van der Waals surface area contributed by atoms with Crippen molar-refractivity contribution in [3.8, 4) is 0 Å². The van der Waals surface area contributed by atoms with Gasteiger partial charge in [0.1, 0.15) is 5.54 Å². The Morgan fingerprint density at radius 1 is 1.29 bits per heavy atom. The molecule has 0 aliphatic heterocycles. The number of hydrogen-bond acceptors (Lipinski definition) is 4. The second-order valence-electron chi connectivity index (χ2n) is 5.12. The molecule has 0 aromatic carbocycles. The number of rotatable bonds is 3. The summed E-state index contributed by atoms with van der Waals surface area (Å²) in [6.45, 7) is 10.1. The number of aryl methyl sites for hydroxylation is 1. The van der Waals surface area contributed by atoms with E-state index in [9.17, 15) is 0 Å². The first kappa shape index (κ1) is 11.8. The molecular formula is C12H18N4O. The molecule has 0 fully saturated rings.